The van der Waals surface area contributed by atoms with Crippen molar-refractivity contribution in [3.63, 3.8) is 0 Å². The maximum absolute atomic E-state index is 5.31. The van der Waals surface area contributed by atoms with Crippen LogP contribution in [-0.2, 0) is 10.8 Å². The van der Waals surface area contributed by atoms with Crippen molar-refractivity contribution in [2.45, 2.75) is 24.7 Å². The number of hydrogen-bond donors (Lipinski definition) is 0. The molecule has 63 heavy (non-hydrogen) atoms. The molecular weight excluding hydrogens is 761 g/mol. The molecule has 2 aliphatic rings. The average molecular weight is 805 g/mol. The zero-order valence-corrected chi connectivity index (χ0v) is 35.3. The van der Waals surface area contributed by atoms with Gasteiger partial charge >= 0.3 is 0 Å². The second-order valence-corrected chi connectivity index (χ2v) is 17.5. The Morgan fingerprint density at radius 3 is 1.51 bits per heavy atom. The van der Waals surface area contributed by atoms with Crippen LogP contribution in [0.25, 0.3) is 55.5 Å². The average Bonchev–Trinajstić information content (AvgIpc) is 3.77. The van der Waals surface area contributed by atoms with Gasteiger partial charge in [-0.05, 0) is 110 Å². The highest BCUT2D eigenvalue weighted by Gasteiger charge is 2.46. The quantitative estimate of drug-likeness (QED) is 0.160. The molecule has 1 aromatic heterocycles. The van der Waals surface area contributed by atoms with Gasteiger partial charge in [0.1, 0.15) is 0 Å². The van der Waals surface area contributed by atoms with Crippen LogP contribution in [0.2, 0.25) is 0 Å². The summed E-state index contributed by atoms with van der Waals surface area (Å²) < 4.78 is 0. The number of rotatable bonds is 7. The first-order valence-electron chi connectivity index (χ1n) is 22.0. The second-order valence-electron chi connectivity index (χ2n) is 17.5. The fourth-order valence-corrected chi connectivity index (χ4v) is 10.8. The fourth-order valence-electron chi connectivity index (χ4n) is 10.8. The molecule has 0 amide bonds. The predicted octanol–water partition coefficient (Wildman–Crippen LogP) is 15.7. The summed E-state index contributed by atoms with van der Waals surface area (Å²) in [5, 5.41) is 1.13. The lowest BCUT2D eigenvalue weighted by molar-refractivity contribution is 0.660. The summed E-state index contributed by atoms with van der Waals surface area (Å²) >= 11 is 0. The van der Waals surface area contributed by atoms with E-state index < -0.39 is 5.41 Å². The molecule has 10 aromatic rings. The number of fused-ring (bicyclic) bond motifs is 7. The molecule has 9 aromatic carbocycles. The normalized spacial score (nSPS) is 13.8. The van der Waals surface area contributed by atoms with Gasteiger partial charge in [0.05, 0.1) is 16.6 Å². The molecule has 2 aliphatic carbocycles. The predicted molar refractivity (Wildman–Crippen MR) is 262 cm³/mol. The van der Waals surface area contributed by atoms with Gasteiger partial charge in [0.15, 0.2) is 0 Å². The molecule has 0 bridgehead atoms. The smallest absolute Gasteiger partial charge is 0.0788 e. The highest BCUT2D eigenvalue weighted by molar-refractivity contribution is 5.94. The molecular formula is C61H44N2. The maximum Gasteiger partial charge on any atom is 0.0788 e. The van der Waals surface area contributed by atoms with E-state index in [1.165, 1.54) is 55.6 Å². The van der Waals surface area contributed by atoms with E-state index in [1.54, 1.807) is 0 Å². The Kier molecular flexibility index (Phi) is 8.45. The molecule has 0 aliphatic heterocycles. The SMILES string of the molecule is CC1(C)c2ccccc2-c2ccc(N(c3ccc(-c4nc5ccccc5cc4-c4ccccc4)cc3)c3ccc4c(c3)C(c3ccccc3)(c3ccccc3)c3ccccc3-4)cc21. The number of para-hydroxylation sites is 1. The van der Waals surface area contributed by atoms with Gasteiger partial charge in [-0.2, -0.15) is 0 Å². The Morgan fingerprint density at radius 1 is 0.349 bits per heavy atom. The number of pyridine rings is 1. The van der Waals surface area contributed by atoms with Gasteiger partial charge in [0.25, 0.3) is 0 Å². The summed E-state index contributed by atoms with van der Waals surface area (Å²) in [5.74, 6) is 0. The number of hydrogen-bond acceptors (Lipinski definition) is 2. The topological polar surface area (TPSA) is 16.1 Å². The molecule has 1 heterocycles. The van der Waals surface area contributed by atoms with E-state index in [4.69, 9.17) is 4.98 Å². The molecule has 0 fully saturated rings. The summed E-state index contributed by atoms with van der Waals surface area (Å²) in [7, 11) is 0. The summed E-state index contributed by atoms with van der Waals surface area (Å²) in [6.07, 6.45) is 0. The molecule has 2 nitrogen and oxygen atoms in total. The van der Waals surface area contributed by atoms with Crippen LogP contribution in [0.5, 0.6) is 0 Å². The molecule has 0 radical (unpaired) electrons. The first kappa shape index (κ1) is 37.0. The Labute approximate surface area is 369 Å². The van der Waals surface area contributed by atoms with E-state index in [0.717, 1.165) is 50.3 Å². The molecule has 0 saturated carbocycles. The van der Waals surface area contributed by atoms with Crippen molar-refractivity contribution < 1.29 is 0 Å². The van der Waals surface area contributed by atoms with Crippen molar-refractivity contribution in [2.24, 2.45) is 0 Å². The van der Waals surface area contributed by atoms with Gasteiger partial charge in [-0.1, -0.05) is 196 Å². The van der Waals surface area contributed by atoms with Gasteiger partial charge in [-0.3, -0.25) is 0 Å². The third-order valence-electron chi connectivity index (χ3n) is 13.7. The summed E-state index contributed by atoms with van der Waals surface area (Å²) in [4.78, 5) is 7.76. The fraction of sp³-hybridized carbons (Fsp3) is 0.0656. The molecule has 0 spiro atoms. The molecule has 298 valence electrons. The van der Waals surface area contributed by atoms with E-state index in [-0.39, 0.29) is 5.41 Å². The lowest BCUT2D eigenvalue weighted by Crippen LogP contribution is -2.28. The monoisotopic (exact) mass is 804 g/mol. The van der Waals surface area contributed by atoms with E-state index in [9.17, 15) is 0 Å². The lowest BCUT2D eigenvalue weighted by atomic mass is 9.67. The van der Waals surface area contributed by atoms with Crippen molar-refractivity contribution in [2.75, 3.05) is 4.90 Å². The first-order valence-corrected chi connectivity index (χ1v) is 22.0. The van der Waals surface area contributed by atoms with Gasteiger partial charge < -0.3 is 4.90 Å². The Hall–Kier alpha value is -7.81. The third kappa shape index (κ3) is 5.68. The third-order valence-corrected chi connectivity index (χ3v) is 13.7. The lowest BCUT2D eigenvalue weighted by Gasteiger charge is -2.35. The Bertz CT molecular complexity index is 3310. The first-order chi connectivity index (χ1) is 31.0. The van der Waals surface area contributed by atoms with Crippen LogP contribution in [0.15, 0.2) is 231 Å². The van der Waals surface area contributed by atoms with E-state index in [2.05, 4.69) is 249 Å². The largest absolute Gasteiger partial charge is 0.310 e. The van der Waals surface area contributed by atoms with Crippen molar-refractivity contribution in [1.29, 1.82) is 0 Å². The summed E-state index contributed by atoms with van der Waals surface area (Å²) in [6.45, 7) is 4.73. The molecule has 0 unspecified atom stereocenters. The second kappa shape index (κ2) is 14.4. The molecule has 0 N–H and O–H groups in total. The standard InChI is InChI=1S/C61H44N2/c1-60(2)54-27-15-13-25-49(54)51-36-34-47(39-56(51)60)63(46-32-30-42(31-33-46)59-53(41-18-6-3-7-19-41)38-43-20-12-17-29-58(43)62-59)48-35-37-52-50-26-14-16-28-55(50)61(57(52)40-48,44-21-8-4-9-22-44)45-23-10-5-11-24-45/h3-40H,1-2H3. The van der Waals surface area contributed by atoms with Crippen molar-refractivity contribution in [3.05, 3.63) is 264 Å². The highest BCUT2D eigenvalue weighted by atomic mass is 15.1. The minimum atomic E-state index is -0.517. The van der Waals surface area contributed by atoms with Crippen LogP contribution >= 0.6 is 0 Å². The van der Waals surface area contributed by atoms with Crippen LogP contribution in [0.1, 0.15) is 47.2 Å². The van der Waals surface area contributed by atoms with Gasteiger partial charge in [-0.25, -0.2) is 4.98 Å². The van der Waals surface area contributed by atoms with Gasteiger partial charge in [0, 0.05) is 39.0 Å². The van der Waals surface area contributed by atoms with E-state index in [0.29, 0.717) is 0 Å². The van der Waals surface area contributed by atoms with E-state index >= 15 is 0 Å². The van der Waals surface area contributed by atoms with Crippen molar-refractivity contribution in [3.8, 4) is 44.6 Å². The number of nitrogens with zero attached hydrogens (tertiary/aromatic N) is 2. The number of aromatic nitrogens is 1. The Balaban J connectivity index is 1.07. The Morgan fingerprint density at radius 2 is 0.841 bits per heavy atom. The zero-order valence-electron chi connectivity index (χ0n) is 35.3. The van der Waals surface area contributed by atoms with Crippen LogP contribution in [0.4, 0.5) is 17.1 Å². The molecule has 0 saturated heterocycles. The van der Waals surface area contributed by atoms with Crippen LogP contribution in [0, 0.1) is 0 Å². The van der Waals surface area contributed by atoms with Gasteiger partial charge in [0.2, 0.25) is 0 Å². The van der Waals surface area contributed by atoms with Crippen molar-refractivity contribution in [1.82, 2.24) is 4.98 Å². The highest BCUT2D eigenvalue weighted by Crippen LogP contribution is 2.58. The molecule has 0 atom stereocenters. The molecule has 12 rings (SSSR count). The van der Waals surface area contributed by atoms with Crippen molar-refractivity contribution >= 4 is 28.0 Å². The number of benzene rings is 9. The van der Waals surface area contributed by atoms with Crippen LogP contribution in [0.3, 0.4) is 0 Å². The van der Waals surface area contributed by atoms with Crippen LogP contribution < -0.4 is 4.90 Å². The summed E-state index contributed by atoms with van der Waals surface area (Å²) in [6, 6.07) is 84.6. The minimum Gasteiger partial charge on any atom is -0.310 e. The molecule has 2 heteroatoms. The minimum absolute atomic E-state index is 0.150. The van der Waals surface area contributed by atoms with Gasteiger partial charge in [-0.15, -0.1) is 0 Å². The maximum atomic E-state index is 5.31. The zero-order chi connectivity index (χ0) is 42.1. The number of anilines is 3. The van der Waals surface area contributed by atoms with Crippen LogP contribution in [-0.4, -0.2) is 4.98 Å². The summed E-state index contributed by atoms with van der Waals surface area (Å²) in [5.41, 5.74) is 20.9. The van der Waals surface area contributed by atoms with E-state index in [1.807, 2.05) is 0 Å².